The van der Waals surface area contributed by atoms with Crippen LogP contribution in [-0.2, 0) is 13.1 Å². The van der Waals surface area contributed by atoms with Gasteiger partial charge in [-0.1, -0.05) is 23.7 Å². The number of nitrogens with one attached hydrogen (secondary N) is 2. The lowest BCUT2D eigenvalue weighted by Crippen LogP contribution is -2.47. The zero-order valence-corrected chi connectivity index (χ0v) is 17.9. The molecule has 1 fully saturated rings. The highest BCUT2D eigenvalue weighted by molar-refractivity contribution is 6.30. The molecule has 1 saturated heterocycles. The molecule has 0 radical (unpaired) electrons. The monoisotopic (exact) mass is 441 g/mol. The van der Waals surface area contributed by atoms with Crippen LogP contribution in [0.4, 0.5) is 9.18 Å². The molecule has 8 heteroatoms. The third kappa shape index (κ3) is 6.06. The van der Waals surface area contributed by atoms with E-state index < -0.39 is 0 Å². The van der Waals surface area contributed by atoms with Gasteiger partial charge in [-0.2, -0.15) is 5.10 Å². The lowest BCUT2D eigenvalue weighted by molar-refractivity contribution is 0.186. The standard InChI is InChI=1S/C23H25ClFN5O/c24-19-3-7-22(8-4-19)30-16-18(14-27-30)13-26-23(31)28-21-9-11-29(12-10-21)15-17-1-5-20(25)6-2-17/h1-8,14,16,21H,9-13,15H2,(H2,26,28,31). The summed E-state index contributed by atoms with van der Waals surface area (Å²) in [4.78, 5) is 14.6. The van der Waals surface area contributed by atoms with E-state index in [1.54, 1.807) is 10.9 Å². The Balaban J connectivity index is 1.19. The van der Waals surface area contributed by atoms with Crippen molar-refractivity contribution in [1.82, 2.24) is 25.3 Å². The highest BCUT2D eigenvalue weighted by Gasteiger charge is 2.20. The van der Waals surface area contributed by atoms with Gasteiger partial charge in [0.1, 0.15) is 5.82 Å². The number of hydrogen-bond acceptors (Lipinski definition) is 3. The van der Waals surface area contributed by atoms with Crippen LogP contribution in [0.2, 0.25) is 5.02 Å². The number of nitrogens with zero attached hydrogens (tertiary/aromatic N) is 3. The third-order valence-electron chi connectivity index (χ3n) is 5.42. The SMILES string of the molecule is O=C(NCc1cnn(-c2ccc(Cl)cc2)c1)NC1CCN(Cc2ccc(F)cc2)CC1. The minimum Gasteiger partial charge on any atom is -0.335 e. The van der Waals surface area contributed by atoms with Crippen LogP contribution in [0.15, 0.2) is 60.9 Å². The molecule has 162 valence electrons. The van der Waals surface area contributed by atoms with Gasteiger partial charge in [0.05, 0.1) is 11.9 Å². The van der Waals surface area contributed by atoms with Crippen LogP contribution in [0.3, 0.4) is 0 Å². The van der Waals surface area contributed by atoms with Crippen molar-refractivity contribution in [1.29, 1.82) is 0 Å². The second-order valence-corrected chi connectivity index (χ2v) is 8.21. The quantitative estimate of drug-likeness (QED) is 0.604. The molecule has 0 bridgehead atoms. The normalized spacial score (nSPS) is 15.0. The molecule has 3 aromatic rings. The number of benzene rings is 2. The topological polar surface area (TPSA) is 62.2 Å². The molecule has 2 N–H and O–H groups in total. The van der Waals surface area contributed by atoms with E-state index in [0.717, 1.165) is 49.3 Å². The number of carbonyl (C=O) groups is 1. The third-order valence-corrected chi connectivity index (χ3v) is 5.67. The van der Waals surface area contributed by atoms with Gasteiger partial charge in [0.25, 0.3) is 0 Å². The number of amides is 2. The fourth-order valence-corrected chi connectivity index (χ4v) is 3.81. The predicted molar refractivity (Wildman–Crippen MR) is 119 cm³/mol. The average Bonchev–Trinajstić information content (AvgIpc) is 3.25. The van der Waals surface area contributed by atoms with Gasteiger partial charge in [0.15, 0.2) is 0 Å². The summed E-state index contributed by atoms with van der Waals surface area (Å²) in [6.45, 7) is 3.01. The van der Waals surface area contributed by atoms with Gasteiger partial charge in [-0.3, -0.25) is 4.90 Å². The van der Waals surface area contributed by atoms with Crippen LogP contribution in [0.5, 0.6) is 0 Å². The summed E-state index contributed by atoms with van der Waals surface area (Å²) in [7, 11) is 0. The van der Waals surface area contributed by atoms with Gasteiger partial charge in [-0.05, 0) is 54.8 Å². The van der Waals surface area contributed by atoms with Crippen molar-refractivity contribution in [2.45, 2.75) is 32.0 Å². The molecule has 0 aliphatic carbocycles. The van der Waals surface area contributed by atoms with Gasteiger partial charge in [0, 0.05) is 49.0 Å². The first kappa shape index (κ1) is 21.3. The smallest absolute Gasteiger partial charge is 0.315 e. The maximum Gasteiger partial charge on any atom is 0.315 e. The highest BCUT2D eigenvalue weighted by atomic mass is 35.5. The molecule has 2 amide bonds. The molecule has 31 heavy (non-hydrogen) atoms. The molecule has 4 rings (SSSR count). The first-order valence-corrected chi connectivity index (χ1v) is 10.7. The highest BCUT2D eigenvalue weighted by Crippen LogP contribution is 2.15. The molecule has 0 saturated carbocycles. The average molecular weight is 442 g/mol. The first-order chi connectivity index (χ1) is 15.0. The Morgan fingerprint density at radius 2 is 1.77 bits per heavy atom. The Kier molecular flexibility index (Phi) is 6.84. The van der Waals surface area contributed by atoms with Crippen LogP contribution >= 0.6 is 11.6 Å². The van der Waals surface area contributed by atoms with Crippen molar-refractivity contribution < 1.29 is 9.18 Å². The number of piperidine rings is 1. The van der Waals surface area contributed by atoms with E-state index in [2.05, 4.69) is 20.6 Å². The number of halogens is 2. The van der Waals surface area contributed by atoms with E-state index >= 15 is 0 Å². The largest absolute Gasteiger partial charge is 0.335 e. The molecule has 2 aromatic carbocycles. The van der Waals surface area contributed by atoms with Crippen molar-refractivity contribution in [2.75, 3.05) is 13.1 Å². The van der Waals surface area contributed by atoms with Crippen molar-refractivity contribution in [3.63, 3.8) is 0 Å². The van der Waals surface area contributed by atoms with Crippen molar-refractivity contribution >= 4 is 17.6 Å². The zero-order valence-electron chi connectivity index (χ0n) is 17.1. The van der Waals surface area contributed by atoms with E-state index in [1.165, 1.54) is 12.1 Å². The van der Waals surface area contributed by atoms with Gasteiger partial charge in [-0.25, -0.2) is 13.9 Å². The molecular formula is C23H25ClFN5O. The number of likely N-dealkylation sites (tertiary alicyclic amines) is 1. The Bertz CT molecular complexity index is 998. The molecule has 1 aliphatic heterocycles. The molecule has 1 aliphatic rings. The van der Waals surface area contributed by atoms with E-state index in [0.29, 0.717) is 11.6 Å². The zero-order chi connectivity index (χ0) is 21.6. The number of rotatable bonds is 6. The lowest BCUT2D eigenvalue weighted by Gasteiger charge is -2.32. The molecule has 6 nitrogen and oxygen atoms in total. The van der Waals surface area contributed by atoms with Crippen LogP contribution in [0.1, 0.15) is 24.0 Å². The summed E-state index contributed by atoms with van der Waals surface area (Å²) in [5, 5.41) is 11.0. The first-order valence-electron chi connectivity index (χ1n) is 10.4. The summed E-state index contributed by atoms with van der Waals surface area (Å²) in [5.74, 6) is -0.213. The molecule has 0 spiro atoms. The summed E-state index contributed by atoms with van der Waals surface area (Å²) in [6.07, 6.45) is 5.41. The summed E-state index contributed by atoms with van der Waals surface area (Å²) < 4.78 is 14.8. The van der Waals surface area contributed by atoms with Crippen LogP contribution in [-0.4, -0.2) is 39.8 Å². The predicted octanol–water partition coefficient (Wildman–Crippen LogP) is 4.13. The number of carbonyl (C=O) groups excluding carboxylic acids is 1. The van der Waals surface area contributed by atoms with Gasteiger partial charge >= 0.3 is 6.03 Å². The minimum atomic E-state index is -0.213. The molecule has 0 atom stereocenters. The van der Waals surface area contributed by atoms with Crippen molar-refractivity contribution in [3.05, 3.63) is 82.9 Å². The van der Waals surface area contributed by atoms with E-state index in [-0.39, 0.29) is 17.9 Å². The number of urea groups is 1. The van der Waals surface area contributed by atoms with Crippen LogP contribution in [0.25, 0.3) is 5.69 Å². The van der Waals surface area contributed by atoms with Gasteiger partial charge in [-0.15, -0.1) is 0 Å². The van der Waals surface area contributed by atoms with Crippen molar-refractivity contribution in [2.24, 2.45) is 0 Å². The van der Waals surface area contributed by atoms with E-state index in [1.807, 2.05) is 42.6 Å². The lowest BCUT2D eigenvalue weighted by atomic mass is 10.0. The Morgan fingerprint density at radius 1 is 1.06 bits per heavy atom. The summed E-state index contributed by atoms with van der Waals surface area (Å²) in [5.41, 5.74) is 2.93. The summed E-state index contributed by atoms with van der Waals surface area (Å²) in [6, 6.07) is 14.0. The molecular weight excluding hydrogens is 417 g/mol. The maximum atomic E-state index is 13.0. The number of aromatic nitrogens is 2. The summed E-state index contributed by atoms with van der Waals surface area (Å²) >= 11 is 5.92. The molecule has 1 aromatic heterocycles. The van der Waals surface area contributed by atoms with Crippen molar-refractivity contribution in [3.8, 4) is 5.69 Å². The fraction of sp³-hybridized carbons (Fsp3) is 0.304. The number of hydrogen-bond donors (Lipinski definition) is 2. The Morgan fingerprint density at radius 3 is 2.48 bits per heavy atom. The van der Waals surface area contributed by atoms with Crippen LogP contribution < -0.4 is 10.6 Å². The second-order valence-electron chi connectivity index (χ2n) is 7.77. The molecule has 0 unspecified atom stereocenters. The van der Waals surface area contributed by atoms with E-state index in [4.69, 9.17) is 11.6 Å². The maximum absolute atomic E-state index is 13.0. The van der Waals surface area contributed by atoms with E-state index in [9.17, 15) is 9.18 Å². The van der Waals surface area contributed by atoms with Crippen LogP contribution in [0, 0.1) is 5.82 Å². The second kappa shape index (κ2) is 9.94. The molecule has 2 heterocycles. The Hall–Kier alpha value is -2.90. The Labute approximate surface area is 186 Å². The van der Waals surface area contributed by atoms with Gasteiger partial charge < -0.3 is 10.6 Å². The fourth-order valence-electron chi connectivity index (χ4n) is 3.69. The minimum absolute atomic E-state index is 0.154. The van der Waals surface area contributed by atoms with Gasteiger partial charge in [0.2, 0.25) is 0 Å².